The minimum atomic E-state index is -0.0876. The van der Waals surface area contributed by atoms with E-state index in [0.717, 1.165) is 38.9 Å². The van der Waals surface area contributed by atoms with Crippen molar-refractivity contribution in [3.8, 4) is 11.5 Å². The topological polar surface area (TPSA) is 77.8 Å². The normalized spacial score (nSPS) is 11.1. The maximum atomic E-state index is 12.6. The van der Waals surface area contributed by atoms with Crippen LogP contribution < -0.4 is 14.8 Å². The summed E-state index contributed by atoms with van der Waals surface area (Å²) in [7, 11) is 3.22. The molecule has 2 aromatic carbocycles. The fourth-order valence-corrected chi connectivity index (χ4v) is 4.39. The van der Waals surface area contributed by atoms with E-state index in [2.05, 4.69) is 15.5 Å². The second-order valence-corrected chi connectivity index (χ2v) is 8.28. The monoisotopic (exact) mass is 436 g/mol. The maximum Gasteiger partial charge on any atom is 0.234 e. The van der Waals surface area contributed by atoms with Gasteiger partial charge >= 0.3 is 0 Å². The Morgan fingerprint density at radius 2 is 1.68 bits per heavy atom. The van der Waals surface area contributed by atoms with Crippen molar-refractivity contribution in [3.05, 3.63) is 53.1 Å². The van der Waals surface area contributed by atoms with Gasteiger partial charge in [-0.05, 0) is 49.6 Å². The molecule has 0 atom stereocenters. The molecule has 1 N–H and O–H groups in total. The van der Waals surface area contributed by atoms with E-state index in [-0.39, 0.29) is 11.7 Å². The van der Waals surface area contributed by atoms with Crippen molar-refractivity contribution in [2.24, 2.45) is 0 Å². The molecule has 4 aromatic rings. The second-order valence-electron chi connectivity index (χ2n) is 7.34. The number of rotatable bonds is 6. The summed E-state index contributed by atoms with van der Waals surface area (Å²) in [6.45, 7) is 5.96. The van der Waals surface area contributed by atoms with Gasteiger partial charge in [0.25, 0.3) is 0 Å². The van der Waals surface area contributed by atoms with E-state index in [9.17, 15) is 4.79 Å². The average molecular weight is 437 g/mol. The molecule has 4 rings (SSSR count). The average Bonchev–Trinajstić information content (AvgIpc) is 3.19. The van der Waals surface area contributed by atoms with Gasteiger partial charge in [0, 0.05) is 17.1 Å². The lowest BCUT2D eigenvalue weighted by atomic mass is 10.1. The summed E-state index contributed by atoms with van der Waals surface area (Å²) >= 11 is 1.35. The zero-order chi connectivity index (χ0) is 22.1. The summed E-state index contributed by atoms with van der Waals surface area (Å²) in [5.74, 6) is 1.41. The number of hydrogen-bond donors (Lipinski definition) is 1. The van der Waals surface area contributed by atoms with E-state index >= 15 is 0 Å². The molecule has 0 aliphatic carbocycles. The van der Waals surface area contributed by atoms with Crippen LogP contribution in [0.2, 0.25) is 0 Å². The Labute approximate surface area is 184 Å². The molecule has 0 radical (unpaired) electrons. The first-order valence-electron chi connectivity index (χ1n) is 9.82. The lowest BCUT2D eigenvalue weighted by Crippen LogP contribution is -2.16. The molecule has 0 fully saturated rings. The van der Waals surface area contributed by atoms with Crippen LogP contribution >= 0.6 is 11.8 Å². The van der Waals surface area contributed by atoms with Gasteiger partial charge in [-0.3, -0.25) is 9.20 Å². The number of hydrogen-bond acceptors (Lipinski definition) is 6. The molecule has 0 spiro atoms. The van der Waals surface area contributed by atoms with Crippen molar-refractivity contribution in [1.29, 1.82) is 0 Å². The first kappa shape index (κ1) is 21.0. The highest BCUT2D eigenvalue weighted by atomic mass is 32.2. The molecule has 1 amide bonds. The van der Waals surface area contributed by atoms with Gasteiger partial charge in [-0.25, -0.2) is 0 Å². The van der Waals surface area contributed by atoms with E-state index in [0.29, 0.717) is 16.7 Å². The highest BCUT2D eigenvalue weighted by molar-refractivity contribution is 7.99. The molecule has 0 aliphatic rings. The van der Waals surface area contributed by atoms with E-state index in [1.165, 1.54) is 11.8 Å². The number of nitrogens with one attached hydrogen (secondary N) is 1. The first-order valence-corrected chi connectivity index (χ1v) is 10.8. The summed E-state index contributed by atoms with van der Waals surface area (Å²) in [6, 6.07) is 11.8. The number of carbonyl (C=O) groups excluding carboxylic acids is 1. The Morgan fingerprint density at radius 1 is 1.00 bits per heavy atom. The Balaban J connectivity index is 1.67. The fourth-order valence-electron chi connectivity index (χ4n) is 3.64. The molecule has 31 heavy (non-hydrogen) atoms. The molecule has 0 unspecified atom stereocenters. The fraction of sp³-hybridized carbons (Fsp3) is 0.261. The zero-order valence-electron chi connectivity index (χ0n) is 18.1. The van der Waals surface area contributed by atoms with E-state index in [1.54, 1.807) is 14.2 Å². The van der Waals surface area contributed by atoms with Gasteiger partial charge in [0.1, 0.15) is 0 Å². The zero-order valence-corrected chi connectivity index (χ0v) is 19.0. The van der Waals surface area contributed by atoms with Crippen LogP contribution in [0.3, 0.4) is 0 Å². The molecule has 160 valence electrons. The number of para-hydroxylation sites is 1. The van der Waals surface area contributed by atoms with Crippen LogP contribution in [0, 0.1) is 20.8 Å². The molecule has 7 nitrogen and oxygen atoms in total. The summed E-state index contributed by atoms with van der Waals surface area (Å²) in [6.07, 6.45) is 0. The lowest BCUT2D eigenvalue weighted by Gasteiger charge is -2.13. The summed E-state index contributed by atoms with van der Waals surface area (Å²) in [5, 5.41) is 13.3. The van der Waals surface area contributed by atoms with Gasteiger partial charge in [0.2, 0.25) is 5.91 Å². The molecular formula is C23H24N4O3S. The van der Waals surface area contributed by atoms with Crippen molar-refractivity contribution < 1.29 is 14.3 Å². The molecule has 2 aromatic heterocycles. The Kier molecular flexibility index (Phi) is 5.73. The predicted octanol–water partition coefficient (Wildman–Crippen LogP) is 4.56. The van der Waals surface area contributed by atoms with Gasteiger partial charge in [-0.1, -0.05) is 30.0 Å². The number of benzene rings is 2. The van der Waals surface area contributed by atoms with Crippen LogP contribution in [-0.4, -0.2) is 40.5 Å². The van der Waals surface area contributed by atoms with Crippen LogP contribution in [0.15, 0.2) is 41.6 Å². The number of pyridine rings is 1. The van der Waals surface area contributed by atoms with Crippen molar-refractivity contribution in [2.75, 3.05) is 25.3 Å². The maximum absolute atomic E-state index is 12.6. The molecule has 8 heteroatoms. The lowest BCUT2D eigenvalue weighted by molar-refractivity contribution is -0.113. The summed E-state index contributed by atoms with van der Waals surface area (Å²) in [4.78, 5) is 12.6. The number of fused-ring (bicyclic) bond motifs is 3. The number of aromatic nitrogens is 3. The number of methoxy groups -OCH3 is 2. The molecule has 0 bridgehead atoms. The quantitative estimate of drug-likeness (QED) is 0.447. The predicted molar refractivity (Wildman–Crippen MR) is 124 cm³/mol. The van der Waals surface area contributed by atoms with Gasteiger partial charge in [0.05, 0.1) is 25.5 Å². The highest BCUT2D eigenvalue weighted by Gasteiger charge is 2.17. The third kappa shape index (κ3) is 3.90. The second kappa shape index (κ2) is 8.47. The Bertz CT molecular complexity index is 1280. The Morgan fingerprint density at radius 3 is 2.35 bits per heavy atom. The SMILES string of the molecule is COc1cc2cc(C)c3nnc(SCC(=O)Nc4c(C)cccc4C)n3c2cc1OC. The van der Waals surface area contributed by atoms with Crippen molar-refractivity contribution in [2.45, 2.75) is 25.9 Å². The number of nitrogens with zero attached hydrogens (tertiary/aromatic N) is 3. The van der Waals surface area contributed by atoms with E-state index < -0.39 is 0 Å². The first-order chi connectivity index (χ1) is 14.9. The number of anilines is 1. The standard InChI is InChI=1S/C23H24N4O3S/c1-13-7-6-8-14(2)21(13)24-20(28)12-31-23-26-25-22-15(3)9-16-10-18(29-4)19(30-5)11-17(16)27(22)23/h6-11H,12H2,1-5H3,(H,24,28). The Hall–Kier alpha value is -3.26. The van der Waals surface area contributed by atoms with Gasteiger partial charge in [-0.2, -0.15) is 0 Å². The number of amides is 1. The van der Waals surface area contributed by atoms with Crippen LogP contribution in [0.4, 0.5) is 5.69 Å². The number of ether oxygens (including phenoxy) is 2. The van der Waals surface area contributed by atoms with Crippen molar-refractivity contribution in [1.82, 2.24) is 14.6 Å². The minimum Gasteiger partial charge on any atom is -0.493 e. The molecule has 0 saturated carbocycles. The molecular weight excluding hydrogens is 412 g/mol. The van der Waals surface area contributed by atoms with Gasteiger partial charge in [-0.15, -0.1) is 10.2 Å². The molecule has 0 aliphatic heterocycles. The molecule has 0 saturated heterocycles. The third-order valence-corrected chi connectivity index (χ3v) is 6.14. The summed E-state index contributed by atoms with van der Waals surface area (Å²) < 4.78 is 12.9. The number of carbonyl (C=O) groups is 1. The van der Waals surface area contributed by atoms with Crippen LogP contribution in [0.25, 0.3) is 16.6 Å². The van der Waals surface area contributed by atoms with Crippen LogP contribution in [0.1, 0.15) is 16.7 Å². The van der Waals surface area contributed by atoms with Gasteiger partial charge < -0.3 is 14.8 Å². The van der Waals surface area contributed by atoms with Crippen LogP contribution in [-0.2, 0) is 4.79 Å². The number of aryl methyl sites for hydroxylation is 3. The van der Waals surface area contributed by atoms with Crippen LogP contribution in [0.5, 0.6) is 11.5 Å². The van der Waals surface area contributed by atoms with E-state index in [1.807, 2.05) is 61.6 Å². The molecule has 2 heterocycles. The summed E-state index contributed by atoms with van der Waals surface area (Å²) in [5.41, 5.74) is 5.55. The van der Waals surface area contributed by atoms with Crippen molar-refractivity contribution in [3.63, 3.8) is 0 Å². The minimum absolute atomic E-state index is 0.0876. The van der Waals surface area contributed by atoms with E-state index in [4.69, 9.17) is 9.47 Å². The van der Waals surface area contributed by atoms with Crippen molar-refractivity contribution >= 4 is 39.9 Å². The largest absolute Gasteiger partial charge is 0.493 e. The smallest absolute Gasteiger partial charge is 0.234 e. The highest BCUT2D eigenvalue weighted by Crippen LogP contribution is 2.34. The van der Waals surface area contributed by atoms with Gasteiger partial charge in [0.15, 0.2) is 22.3 Å². The number of thioether (sulfide) groups is 1. The third-order valence-electron chi connectivity index (χ3n) is 5.21.